The van der Waals surface area contributed by atoms with Gasteiger partial charge in [-0.3, -0.25) is 24.5 Å². The minimum atomic E-state index is -3.95. The third kappa shape index (κ3) is 4.80. The van der Waals surface area contributed by atoms with Gasteiger partial charge in [0, 0.05) is 18.2 Å². The fraction of sp³-hybridized carbons (Fsp3) is 0.160. The lowest BCUT2D eigenvalue weighted by Gasteiger charge is -2.24. The highest BCUT2D eigenvalue weighted by atomic mass is 32.2. The van der Waals surface area contributed by atoms with Gasteiger partial charge in [-0.25, -0.2) is 18.2 Å². The first-order valence-corrected chi connectivity index (χ1v) is 13.6. The van der Waals surface area contributed by atoms with Gasteiger partial charge in [0.15, 0.2) is 11.7 Å². The fourth-order valence-electron chi connectivity index (χ4n) is 4.25. The van der Waals surface area contributed by atoms with Crippen LogP contribution < -0.4 is 9.62 Å². The number of hydrogen-bond donors (Lipinski definition) is 1. The molecule has 3 aromatic carbocycles. The first-order chi connectivity index (χ1) is 18.1. The van der Waals surface area contributed by atoms with Gasteiger partial charge in [-0.15, -0.1) is 0 Å². The standard InChI is InChI=1S/C25H20N4O7S2/c1-15-11-16-5-2-3-8-21(16)28(15)38(34,35)19-7-4-6-17(12-19)24(31)36-14-23(30)27-25-26-20-10-9-18(29(32)33)13-22(20)37-25/h2-10,12-13,15H,11,14H2,1H3,(H,26,27,30). The maximum absolute atomic E-state index is 13.5. The molecule has 1 aliphatic heterocycles. The van der Waals surface area contributed by atoms with Gasteiger partial charge in [0.2, 0.25) is 0 Å². The topological polar surface area (TPSA) is 149 Å². The van der Waals surface area contributed by atoms with Crippen LogP contribution in [0, 0.1) is 10.1 Å². The summed E-state index contributed by atoms with van der Waals surface area (Å²) >= 11 is 1.04. The number of carbonyl (C=O) groups is 2. The summed E-state index contributed by atoms with van der Waals surface area (Å²) in [5.74, 6) is -1.54. The van der Waals surface area contributed by atoms with Crippen molar-refractivity contribution in [3.8, 4) is 0 Å². The number of hydrogen-bond acceptors (Lipinski definition) is 9. The molecule has 13 heteroatoms. The Balaban J connectivity index is 1.26. The Bertz CT molecular complexity index is 1700. The van der Waals surface area contributed by atoms with Crippen LogP contribution in [0.3, 0.4) is 0 Å². The summed E-state index contributed by atoms with van der Waals surface area (Å²) in [6.07, 6.45) is 0.581. The van der Waals surface area contributed by atoms with E-state index >= 15 is 0 Å². The van der Waals surface area contributed by atoms with Gasteiger partial charge in [-0.05, 0) is 49.2 Å². The summed E-state index contributed by atoms with van der Waals surface area (Å²) in [5.41, 5.74) is 1.89. The molecule has 1 aliphatic rings. The highest BCUT2D eigenvalue weighted by Crippen LogP contribution is 2.36. The Labute approximate surface area is 220 Å². The van der Waals surface area contributed by atoms with Crippen LogP contribution in [0.5, 0.6) is 0 Å². The second-order valence-electron chi connectivity index (χ2n) is 8.56. The molecule has 1 aromatic heterocycles. The lowest BCUT2D eigenvalue weighted by Crippen LogP contribution is -2.35. The van der Waals surface area contributed by atoms with Crippen LogP contribution in [0.25, 0.3) is 10.2 Å². The summed E-state index contributed by atoms with van der Waals surface area (Å²) in [6.45, 7) is 1.18. The number of para-hydroxylation sites is 1. The van der Waals surface area contributed by atoms with Crippen molar-refractivity contribution in [2.75, 3.05) is 16.2 Å². The highest BCUT2D eigenvalue weighted by molar-refractivity contribution is 7.92. The number of nitro groups is 1. The number of anilines is 2. The van der Waals surface area contributed by atoms with Crippen LogP contribution in [-0.2, 0) is 26.0 Å². The Hall–Kier alpha value is -4.36. The molecule has 11 nitrogen and oxygen atoms in total. The zero-order chi connectivity index (χ0) is 27.0. The number of benzene rings is 3. The van der Waals surface area contributed by atoms with Crippen molar-refractivity contribution in [2.45, 2.75) is 24.3 Å². The lowest BCUT2D eigenvalue weighted by atomic mass is 10.1. The fourth-order valence-corrected chi connectivity index (χ4v) is 6.90. The van der Waals surface area contributed by atoms with Crippen LogP contribution in [0.1, 0.15) is 22.8 Å². The summed E-state index contributed by atoms with van der Waals surface area (Å²) in [5, 5.41) is 13.6. The van der Waals surface area contributed by atoms with Gasteiger partial charge in [0.25, 0.3) is 21.6 Å². The maximum Gasteiger partial charge on any atom is 0.338 e. The number of nitro benzene ring substituents is 1. The van der Waals surface area contributed by atoms with Gasteiger partial charge in [0.1, 0.15) is 0 Å². The quantitative estimate of drug-likeness (QED) is 0.204. The predicted octanol–water partition coefficient (Wildman–Crippen LogP) is 4.14. The third-order valence-electron chi connectivity index (χ3n) is 5.93. The Kier molecular flexibility index (Phi) is 6.55. The molecule has 0 fully saturated rings. The van der Waals surface area contributed by atoms with Crippen LogP contribution in [0.15, 0.2) is 71.6 Å². The van der Waals surface area contributed by atoms with Crippen molar-refractivity contribution >= 4 is 60.0 Å². The summed E-state index contributed by atoms with van der Waals surface area (Å²) in [4.78, 5) is 39.5. The number of non-ortho nitro benzene ring substituents is 1. The molecular weight excluding hydrogens is 532 g/mol. The number of ether oxygens (including phenoxy) is 1. The van der Waals surface area contributed by atoms with Gasteiger partial charge < -0.3 is 4.74 Å². The van der Waals surface area contributed by atoms with E-state index < -0.39 is 33.4 Å². The summed E-state index contributed by atoms with van der Waals surface area (Å²) < 4.78 is 33.9. The Morgan fingerprint density at radius 3 is 2.74 bits per heavy atom. The Morgan fingerprint density at radius 2 is 1.95 bits per heavy atom. The highest BCUT2D eigenvalue weighted by Gasteiger charge is 2.36. The lowest BCUT2D eigenvalue weighted by molar-refractivity contribution is -0.384. The van der Waals surface area contributed by atoms with Gasteiger partial charge >= 0.3 is 5.97 Å². The molecule has 0 saturated carbocycles. The first-order valence-electron chi connectivity index (χ1n) is 11.4. The van der Waals surface area contributed by atoms with Crippen LogP contribution >= 0.6 is 11.3 Å². The minimum Gasteiger partial charge on any atom is -0.452 e. The molecule has 0 radical (unpaired) electrons. The number of thiazole rings is 1. The summed E-state index contributed by atoms with van der Waals surface area (Å²) in [7, 11) is -3.95. The second-order valence-corrected chi connectivity index (χ2v) is 11.4. The average molecular weight is 553 g/mol. The molecule has 4 aromatic rings. The van der Waals surface area contributed by atoms with Crippen molar-refractivity contribution in [1.29, 1.82) is 0 Å². The smallest absolute Gasteiger partial charge is 0.338 e. The number of carbonyl (C=O) groups excluding carboxylic acids is 2. The van der Waals surface area contributed by atoms with Crippen molar-refractivity contribution in [3.63, 3.8) is 0 Å². The number of aromatic nitrogens is 1. The monoisotopic (exact) mass is 552 g/mol. The van der Waals surface area contributed by atoms with E-state index in [1.807, 2.05) is 19.1 Å². The maximum atomic E-state index is 13.5. The molecule has 1 N–H and O–H groups in total. The average Bonchev–Trinajstić information content (AvgIpc) is 3.46. The first kappa shape index (κ1) is 25.3. The van der Waals surface area contributed by atoms with Crippen molar-refractivity contribution in [3.05, 3.63) is 88.0 Å². The number of esters is 1. The van der Waals surface area contributed by atoms with E-state index in [1.165, 1.54) is 46.8 Å². The van der Waals surface area contributed by atoms with E-state index in [0.29, 0.717) is 22.3 Å². The number of nitrogens with zero attached hydrogens (tertiary/aromatic N) is 3. The minimum absolute atomic E-state index is 0.0219. The van der Waals surface area contributed by atoms with Crippen molar-refractivity contribution in [2.24, 2.45) is 0 Å². The van der Waals surface area contributed by atoms with Gasteiger partial charge in [-0.1, -0.05) is 35.6 Å². The normalized spacial score (nSPS) is 14.8. The molecule has 2 heterocycles. The van der Waals surface area contributed by atoms with Crippen LogP contribution in [0.2, 0.25) is 0 Å². The number of rotatable bonds is 7. The van der Waals surface area contributed by atoms with Crippen molar-refractivity contribution in [1.82, 2.24) is 4.98 Å². The number of fused-ring (bicyclic) bond motifs is 2. The van der Waals surface area contributed by atoms with E-state index in [2.05, 4.69) is 10.3 Å². The molecule has 5 rings (SSSR count). The molecule has 1 unspecified atom stereocenters. The second kappa shape index (κ2) is 9.84. The number of sulfonamides is 1. The molecule has 0 aliphatic carbocycles. The SMILES string of the molecule is CC1Cc2ccccc2N1S(=O)(=O)c1cccc(C(=O)OCC(=O)Nc2nc3ccc([N+](=O)[O-])cc3s2)c1. The van der Waals surface area contributed by atoms with Crippen molar-refractivity contribution < 1.29 is 27.7 Å². The molecule has 0 bridgehead atoms. The third-order valence-corrected chi connectivity index (χ3v) is 8.79. The van der Waals surface area contributed by atoms with E-state index in [9.17, 15) is 28.1 Å². The molecular formula is C25H20N4O7S2. The molecule has 1 amide bonds. The van der Waals surface area contributed by atoms with E-state index in [4.69, 9.17) is 4.74 Å². The number of amides is 1. The summed E-state index contributed by atoms with van der Waals surface area (Å²) in [6, 6.07) is 16.6. The van der Waals surface area contributed by atoms with Gasteiger partial charge in [-0.2, -0.15) is 0 Å². The van der Waals surface area contributed by atoms with Crippen LogP contribution in [0.4, 0.5) is 16.5 Å². The van der Waals surface area contributed by atoms with Gasteiger partial charge in [0.05, 0.1) is 31.3 Å². The predicted molar refractivity (Wildman–Crippen MR) is 141 cm³/mol. The van der Waals surface area contributed by atoms with E-state index in [0.717, 1.165) is 16.9 Å². The van der Waals surface area contributed by atoms with E-state index in [1.54, 1.807) is 12.1 Å². The zero-order valence-electron chi connectivity index (χ0n) is 19.9. The molecule has 38 heavy (non-hydrogen) atoms. The van der Waals surface area contributed by atoms with Crippen LogP contribution in [-0.4, -0.2) is 42.9 Å². The molecule has 1 atom stereocenters. The molecule has 0 saturated heterocycles. The molecule has 194 valence electrons. The molecule has 0 spiro atoms. The Morgan fingerprint density at radius 1 is 1.16 bits per heavy atom. The zero-order valence-corrected chi connectivity index (χ0v) is 21.5. The number of nitrogens with one attached hydrogen (secondary N) is 1. The van der Waals surface area contributed by atoms with E-state index in [-0.39, 0.29) is 27.3 Å². The largest absolute Gasteiger partial charge is 0.452 e.